The van der Waals surface area contributed by atoms with Crippen LogP contribution in [0, 0.1) is 0 Å². The molecule has 12 heavy (non-hydrogen) atoms. The van der Waals surface area contributed by atoms with Crippen molar-refractivity contribution in [2.24, 2.45) is 0 Å². The Balaban J connectivity index is 2.15. The van der Waals surface area contributed by atoms with Gasteiger partial charge in [-0.3, -0.25) is 0 Å². The van der Waals surface area contributed by atoms with Gasteiger partial charge in [-0.05, 0) is 12.8 Å². The number of ether oxygens (including phenoxy) is 1. The number of aliphatic hydroxyl groups is 1. The van der Waals surface area contributed by atoms with E-state index < -0.39 is 0 Å². The topological polar surface area (TPSA) is 55.2 Å². The smallest absolute Gasteiger partial charge is 0.222 e. The summed E-state index contributed by atoms with van der Waals surface area (Å²) in [4.78, 5) is 7.73. The van der Waals surface area contributed by atoms with E-state index in [4.69, 9.17) is 9.84 Å². The van der Waals surface area contributed by atoms with Gasteiger partial charge in [-0.15, -0.1) is 0 Å². The summed E-state index contributed by atoms with van der Waals surface area (Å²) in [5, 5.41) is 8.89. The molecule has 1 aromatic heterocycles. The lowest BCUT2D eigenvalue weighted by Crippen LogP contribution is -2.02. The van der Waals surface area contributed by atoms with Gasteiger partial charge in [0.05, 0.1) is 12.2 Å². The maximum Gasteiger partial charge on any atom is 0.222 e. The van der Waals surface area contributed by atoms with Gasteiger partial charge < -0.3 is 9.84 Å². The Hall–Kier alpha value is -1.16. The van der Waals surface area contributed by atoms with Crippen LogP contribution < -0.4 is 4.74 Å². The fourth-order valence-electron chi connectivity index (χ4n) is 0.906. The first kappa shape index (κ1) is 7.49. The van der Waals surface area contributed by atoms with Gasteiger partial charge in [0, 0.05) is 6.20 Å². The van der Waals surface area contributed by atoms with E-state index in [0.29, 0.717) is 17.5 Å². The summed E-state index contributed by atoms with van der Waals surface area (Å²) in [5.41, 5.74) is 0.657. The number of hydrogen-bond donors (Lipinski definition) is 1. The highest BCUT2D eigenvalue weighted by atomic mass is 16.5. The van der Waals surface area contributed by atoms with Crippen LogP contribution in [0.2, 0.25) is 0 Å². The minimum absolute atomic E-state index is 0.0666. The average Bonchev–Trinajstić information content (AvgIpc) is 2.89. The first-order chi connectivity index (χ1) is 5.90. The second-order valence-corrected chi connectivity index (χ2v) is 2.83. The van der Waals surface area contributed by atoms with Crippen LogP contribution >= 0.6 is 0 Å². The maximum atomic E-state index is 8.89. The normalized spacial score (nSPS) is 16.1. The number of aliphatic hydroxyl groups excluding tert-OH is 1. The van der Waals surface area contributed by atoms with E-state index in [-0.39, 0.29) is 6.61 Å². The third kappa shape index (κ3) is 1.53. The molecule has 1 aromatic rings. The summed E-state index contributed by atoms with van der Waals surface area (Å²) in [6.07, 6.45) is 5.50. The second-order valence-electron chi connectivity index (χ2n) is 2.83. The molecule has 2 rings (SSSR count). The highest BCUT2D eigenvalue weighted by Crippen LogP contribution is 2.26. The summed E-state index contributed by atoms with van der Waals surface area (Å²) < 4.78 is 5.44. The number of aromatic nitrogens is 2. The molecule has 0 aliphatic heterocycles. The van der Waals surface area contributed by atoms with Crippen molar-refractivity contribution >= 4 is 0 Å². The minimum Gasteiger partial charge on any atom is -0.474 e. The summed E-state index contributed by atoms with van der Waals surface area (Å²) in [6, 6.07) is 0. The number of hydrogen-bond acceptors (Lipinski definition) is 4. The van der Waals surface area contributed by atoms with Gasteiger partial charge in [-0.1, -0.05) is 0 Å². The van der Waals surface area contributed by atoms with Gasteiger partial charge in [0.15, 0.2) is 0 Å². The molecule has 64 valence electrons. The predicted molar refractivity (Wildman–Crippen MR) is 41.6 cm³/mol. The largest absolute Gasteiger partial charge is 0.474 e. The molecular weight excluding hydrogens is 156 g/mol. The van der Waals surface area contributed by atoms with Gasteiger partial charge in [0.25, 0.3) is 0 Å². The minimum atomic E-state index is -0.0666. The van der Waals surface area contributed by atoms with Gasteiger partial charge in [0.2, 0.25) is 5.88 Å². The fourth-order valence-corrected chi connectivity index (χ4v) is 0.906. The molecule has 0 unspecified atom stereocenters. The van der Waals surface area contributed by atoms with E-state index in [0.717, 1.165) is 12.8 Å². The third-order valence-corrected chi connectivity index (χ3v) is 1.72. The Kier molecular flexibility index (Phi) is 1.91. The monoisotopic (exact) mass is 166 g/mol. The maximum absolute atomic E-state index is 8.89. The molecule has 4 heteroatoms. The summed E-state index contributed by atoms with van der Waals surface area (Å²) in [5.74, 6) is 0.523. The standard InChI is InChI=1S/C8H10N2O2/c11-4-6-3-9-5-10-8(6)12-7-1-2-7/h3,5,7,11H,1-2,4H2. The molecule has 0 amide bonds. The van der Waals surface area contributed by atoms with Crippen LogP contribution in [0.3, 0.4) is 0 Å². The third-order valence-electron chi connectivity index (χ3n) is 1.72. The summed E-state index contributed by atoms with van der Waals surface area (Å²) in [6.45, 7) is -0.0666. The zero-order valence-corrected chi connectivity index (χ0v) is 6.60. The van der Waals surface area contributed by atoms with Crippen molar-refractivity contribution in [3.05, 3.63) is 18.1 Å². The molecule has 0 spiro atoms. The van der Waals surface area contributed by atoms with Crippen LogP contribution in [0.4, 0.5) is 0 Å². The highest BCUT2D eigenvalue weighted by Gasteiger charge is 2.24. The highest BCUT2D eigenvalue weighted by molar-refractivity contribution is 5.21. The van der Waals surface area contributed by atoms with Crippen molar-refractivity contribution < 1.29 is 9.84 Å². The van der Waals surface area contributed by atoms with Crippen molar-refractivity contribution in [1.82, 2.24) is 9.97 Å². The fraction of sp³-hybridized carbons (Fsp3) is 0.500. The molecule has 0 radical (unpaired) electrons. The molecule has 1 aliphatic carbocycles. The lowest BCUT2D eigenvalue weighted by molar-refractivity contribution is 0.251. The van der Waals surface area contributed by atoms with Crippen LogP contribution in [-0.2, 0) is 6.61 Å². The van der Waals surface area contributed by atoms with E-state index >= 15 is 0 Å². The van der Waals surface area contributed by atoms with E-state index in [9.17, 15) is 0 Å². The van der Waals surface area contributed by atoms with Gasteiger partial charge >= 0.3 is 0 Å². The number of nitrogens with zero attached hydrogens (tertiary/aromatic N) is 2. The van der Waals surface area contributed by atoms with Crippen LogP contribution in [0.1, 0.15) is 18.4 Å². The van der Waals surface area contributed by atoms with Crippen LogP contribution in [-0.4, -0.2) is 21.2 Å². The molecule has 1 aliphatic rings. The van der Waals surface area contributed by atoms with Crippen molar-refractivity contribution in [3.63, 3.8) is 0 Å². The molecule has 0 atom stereocenters. The molecule has 0 aromatic carbocycles. The quantitative estimate of drug-likeness (QED) is 0.710. The first-order valence-corrected chi connectivity index (χ1v) is 3.96. The Morgan fingerprint density at radius 1 is 1.58 bits per heavy atom. The van der Waals surface area contributed by atoms with Crippen molar-refractivity contribution in [1.29, 1.82) is 0 Å². The van der Waals surface area contributed by atoms with Crippen molar-refractivity contribution in [2.45, 2.75) is 25.6 Å². The zero-order valence-electron chi connectivity index (χ0n) is 6.60. The Bertz CT molecular complexity index is 274. The lowest BCUT2D eigenvalue weighted by atomic mass is 10.3. The summed E-state index contributed by atoms with van der Waals surface area (Å²) >= 11 is 0. The molecule has 1 heterocycles. The molecule has 1 N–H and O–H groups in total. The van der Waals surface area contributed by atoms with Crippen LogP contribution in [0.15, 0.2) is 12.5 Å². The van der Waals surface area contributed by atoms with E-state index in [1.54, 1.807) is 6.20 Å². The van der Waals surface area contributed by atoms with Crippen LogP contribution in [0.25, 0.3) is 0 Å². The Morgan fingerprint density at radius 3 is 3.08 bits per heavy atom. The molecule has 4 nitrogen and oxygen atoms in total. The predicted octanol–water partition coefficient (Wildman–Crippen LogP) is 0.510. The molecule has 1 fully saturated rings. The van der Waals surface area contributed by atoms with Gasteiger partial charge in [0.1, 0.15) is 12.4 Å². The Morgan fingerprint density at radius 2 is 2.42 bits per heavy atom. The van der Waals surface area contributed by atoms with Crippen molar-refractivity contribution in [2.75, 3.05) is 0 Å². The van der Waals surface area contributed by atoms with Crippen LogP contribution in [0.5, 0.6) is 5.88 Å². The molecule has 1 saturated carbocycles. The second kappa shape index (κ2) is 3.06. The first-order valence-electron chi connectivity index (χ1n) is 3.96. The zero-order chi connectivity index (χ0) is 8.39. The molecule has 0 bridgehead atoms. The average molecular weight is 166 g/mol. The van der Waals surface area contributed by atoms with E-state index in [2.05, 4.69) is 9.97 Å². The SMILES string of the molecule is OCc1cncnc1OC1CC1. The number of rotatable bonds is 3. The molecular formula is C8H10N2O2. The lowest BCUT2D eigenvalue weighted by Gasteiger charge is -2.05. The summed E-state index contributed by atoms with van der Waals surface area (Å²) in [7, 11) is 0. The Labute approximate surface area is 70.2 Å². The van der Waals surface area contributed by atoms with E-state index in [1.807, 2.05) is 0 Å². The van der Waals surface area contributed by atoms with Crippen molar-refractivity contribution in [3.8, 4) is 5.88 Å². The van der Waals surface area contributed by atoms with E-state index in [1.165, 1.54) is 6.33 Å². The van der Waals surface area contributed by atoms with Gasteiger partial charge in [-0.2, -0.15) is 0 Å². The molecule has 0 saturated heterocycles. The van der Waals surface area contributed by atoms with Gasteiger partial charge in [-0.25, -0.2) is 9.97 Å².